The molecule has 1 fully saturated rings. The fraction of sp³-hybridized carbons (Fsp3) is 0.591. The minimum Gasteiger partial charge on any atom is -0.483 e. The molecule has 5 atom stereocenters. The Balaban J connectivity index is 1.67. The van der Waals surface area contributed by atoms with Crippen LogP contribution in [0.25, 0.3) is 0 Å². The van der Waals surface area contributed by atoms with E-state index in [1.807, 2.05) is 13.0 Å². The van der Waals surface area contributed by atoms with Gasteiger partial charge in [-0.1, -0.05) is 11.6 Å². The molecule has 34 heavy (non-hydrogen) atoms. The van der Waals surface area contributed by atoms with Crippen LogP contribution in [0.15, 0.2) is 6.07 Å². The number of aryl methyl sites for hydroxylation is 1. The van der Waals surface area contributed by atoms with Crippen LogP contribution >= 0.6 is 11.6 Å². The Morgan fingerprint density at radius 3 is 2.68 bits per heavy atom. The smallest absolute Gasteiger partial charge is 0.226 e. The van der Waals surface area contributed by atoms with Crippen LogP contribution in [0.4, 0.5) is 11.8 Å². The molecule has 0 amide bonds. The van der Waals surface area contributed by atoms with Gasteiger partial charge >= 0.3 is 0 Å². The second-order valence-electron chi connectivity index (χ2n) is 8.48. The number of hydrogen-bond donors (Lipinski definition) is 5. The lowest BCUT2D eigenvalue weighted by atomic mass is 10.0. The molecule has 0 spiro atoms. The van der Waals surface area contributed by atoms with Crippen LogP contribution in [-0.2, 0) is 11.2 Å². The number of aliphatic hydroxyl groups excluding tert-OH is 3. The lowest BCUT2D eigenvalue weighted by Crippen LogP contribution is -2.36. The fourth-order valence-corrected chi connectivity index (χ4v) is 4.75. The average Bonchev–Trinajstić information content (AvgIpc) is 3.35. The lowest BCUT2D eigenvalue weighted by Gasteiger charge is -2.23. The molecule has 186 valence electrons. The molecule has 2 aliphatic rings. The van der Waals surface area contributed by atoms with Crippen molar-refractivity contribution >= 4 is 23.4 Å². The van der Waals surface area contributed by atoms with Gasteiger partial charge in [-0.05, 0) is 13.3 Å². The van der Waals surface area contributed by atoms with Crippen molar-refractivity contribution in [2.75, 3.05) is 44.6 Å². The molecule has 4 rings (SSSR count). The standard InChI is InChI=1S/C22H30ClN5O6/c1-10-19-11(8-15(25-10)33-3)7-14(34-19)16-20(23)27-22(24-4-5-32-2)28-21(16)26-13-6-12(9-29)17(30)18(13)31/h8,12-14,17-18,29-31H,4-7,9H2,1-3H3,(H2,24,26,27,28). The molecule has 5 N–H and O–H groups in total. The normalized spacial score (nSPS) is 25.7. The maximum Gasteiger partial charge on any atom is 0.226 e. The predicted molar refractivity (Wildman–Crippen MR) is 125 cm³/mol. The summed E-state index contributed by atoms with van der Waals surface area (Å²) in [5, 5.41) is 36.8. The Morgan fingerprint density at radius 1 is 1.21 bits per heavy atom. The molecule has 1 aliphatic carbocycles. The quantitative estimate of drug-likeness (QED) is 0.251. The number of aliphatic hydroxyl groups is 3. The lowest BCUT2D eigenvalue weighted by molar-refractivity contribution is 0.00444. The number of ether oxygens (including phenoxy) is 3. The molecule has 5 unspecified atom stereocenters. The Hall–Kier alpha value is -2.44. The van der Waals surface area contributed by atoms with E-state index in [1.54, 1.807) is 14.2 Å². The second kappa shape index (κ2) is 10.4. The van der Waals surface area contributed by atoms with Crippen molar-refractivity contribution in [1.82, 2.24) is 15.0 Å². The highest BCUT2D eigenvalue weighted by Crippen LogP contribution is 2.44. The zero-order chi connectivity index (χ0) is 24.4. The summed E-state index contributed by atoms with van der Waals surface area (Å²) in [5.74, 6) is 1.38. The van der Waals surface area contributed by atoms with Crippen LogP contribution < -0.4 is 20.1 Å². The number of rotatable bonds is 9. The average molecular weight is 496 g/mol. The van der Waals surface area contributed by atoms with E-state index in [0.717, 1.165) is 5.56 Å². The number of nitrogens with one attached hydrogen (secondary N) is 2. The van der Waals surface area contributed by atoms with Gasteiger partial charge in [0.1, 0.15) is 28.9 Å². The molecule has 2 aromatic heterocycles. The molecule has 0 bridgehead atoms. The number of hydrogen-bond acceptors (Lipinski definition) is 11. The molecule has 0 aromatic carbocycles. The number of nitrogens with zero attached hydrogens (tertiary/aromatic N) is 3. The van der Waals surface area contributed by atoms with Crippen LogP contribution in [0.2, 0.25) is 5.15 Å². The Bertz CT molecular complexity index is 1030. The van der Waals surface area contributed by atoms with Gasteiger partial charge in [0, 0.05) is 44.2 Å². The number of methoxy groups -OCH3 is 2. The van der Waals surface area contributed by atoms with Crippen molar-refractivity contribution in [3.05, 3.63) is 28.0 Å². The Morgan fingerprint density at radius 2 is 2.00 bits per heavy atom. The summed E-state index contributed by atoms with van der Waals surface area (Å²) in [6, 6.07) is 1.28. The highest BCUT2D eigenvalue weighted by atomic mass is 35.5. The predicted octanol–water partition coefficient (Wildman–Crippen LogP) is 1.09. The third-order valence-electron chi connectivity index (χ3n) is 6.24. The molecule has 11 nitrogen and oxygen atoms in total. The van der Waals surface area contributed by atoms with Crippen LogP contribution in [0.3, 0.4) is 0 Å². The van der Waals surface area contributed by atoms with Crippen LogP contribution in [0.5, 0.6) is 11.6 Å². The van der Waals surface area contributed by atoms with Crippen molar-refractivity contribution in [1.29, 1.82) is 0 Å². The Labute approximate surface area is 202 Å². The van der Waals surface area contributed by atoms with Crippen molar-refractivity contribution in [3.63, 3.8) is 0 Å². The number of anilines is 2. The van der Waals surface area contributed by atoms with Crippen molar-refractivity contribution in [2.24, 2.45) is 5.92 Å². The first-order chi connectivity index (χ1) is 16.4. The van der Waals surface area contributed by atoms with Gasteiger partial charge in [0.25, 0.3) is 0 Å². The monoisotopic (exact) mass is 495 g/mol. The summed E-state index contributed by atoms with van der Waals surface area (Å²) in [6.45, 7) is 2.53. The highest BCUT2D eigenvalue weighted by Gasteiger charge is 2.42. The van der Waals surface area contributed by atoms with Gasteiger partial charge < -0.3 is 40.2 Å². The summed E-state index contributed by atoms with van der Waals surface area (Å²) in [7, 11) is 3.15. The molecule has 1 aliphatic heterocycles. The molecule has 12 heteroatoms. The topological polar surface area (TPSA) is 151 Å². The number of aromatic nitrogens is 3. The molecule has 0 radical (unpaired) electrons. The fourth-order valence-electron chi connectivity index (χ4n) is 4.46. The zero-order valence-electron chi connectivity index (χ0n) is 19.3. The van der Waals surface area contributed by atoms with E-state index in [0.29, 0.717) is 54.7 Å². The Kier molecular flexibility index (Phi) is 7.58. The van der Waals surface area contributed by atoms with Crippen molar-refractivity contribution in [2.45, 2.75) is 44.1 Å². The van der Waals surface area contributed by atoms with E-state index < -0.39 is 30.3 Å². The van der Waals surface area contributed by atoms with E-state index in [2.05, 4.69) is 25.6 Å². The first-order valence-electron chi connectivity index (χ1n) is 11.1. The van der Waals surface area contributed by atoms with Gasteiger partial charge in [0.15, 0.2) is 0 Å². The van der Waals surface area contributed by atoms with E-state index >= 15 is 0 Å². The van der Waals surface area contributed by atoms with Gasteiger partial charge in [0.05, 0.1) is 37.1 Å². The summed E-state index contributed by atoms with van der Waals surface area (Å²) < 4.78 is 16.6. The number of pyridine rings is 1. The first kappa shape index (κ1) is 24.7. The van der Waals surface area contributed by atoms with E-state index in [-0.39, 0.29) is 17.7 Å². The highest BCUT2D eigenvalue weighted by molar-refractivity contribution is 6.30. The third kappa shape index (κ3) is 4.84. The molecule has 2 aromatic rings. The third-order valence-corrected chi connectivity index (χ3v) is 6.53. The molecule has 1 saturated carbocycles. The van der Waals surface area contributed by atoms with Gasteiger partial charge in [-0.3, -0.25) is 0 Å². The molecular formula is C22H30ClN5O6. The summed E-state index contributed by atoms with van der Waals surface area (Å²) in [4.78, 5) is 13.4. The summed E-state index contributed by atoms with van der Waals surface area (Å²) in [6.07, 6.45) is -1.77. The SMILES string of the molecule is COCCNc1nc(Cl)c(C2Cc3cc(OC)nc(C)c3O2)c(NC2CC(CO)C(O)C2O)n1. The van der Waals surface area contributed by atoms with Crippen molar-refractivity contribution in [3.8, 4) is 11.6 Å². The van der Waals surface area contributed by atoms with E-state index in [1.165, 1.54) is 0 Å². The van der Waals surface area contributed by atoms with Crippen LogP contribution in [-0.4, -0.2) is 82.5 Å². The van der Waals surface area contributed by atoms with Crippen LogP contribution in [0.1, 0.15) is 29.3 Å². The van der Waals surface area contributed by atoms with E-state index in [4.69, 9.17) is 25.8 Å². The molecular weight excluding hydrogens is 466 g/mol. The van der Waals surface area contributed by atoms with Crippen LogP contribution in [0, 0.1) is 12.8 Å². The van der Waals surface area contributed by atoms with Gasteiger partial charge in [0.2, 0.25) is 11.8 Å². The maximum atomic E-state index is 10.5. The largest absolute Gasteiger partial charge is 0.483 e. The second-order valence-corrected chi connectivity index (χ2v) is 8.84. The number of halogens is 1. The van der Waals surface area contributed by atoms with Gasteiger partial charge in [-0.25, -0.2) is 9.97 Å². The van der Waals surface area contributed by atoms with Gasteiger partial charge in [-0.2, -0.15) is 4.98 Å². The van der Waals surface area contributed by atoms with Crippen molar-refractivity contribution < 1.29 is 29.5 Å². The molecule has 3 heterocycles. The minimum atomic E-state index is -1.08. The molecule has 0 saturated heterocycles. The zero-order valence-corrected chi connectivity index (χ0v) is 20.0. The summed E-state index contributed by atoms with van der Waals surface area (Å²) in [5.41, 5.74) is 2.15. The summed E-state index contributed by atoms with van der Waals surface area (Å²) >= 11 is 6.64. The van der Waals surface area contributed by atoms with E-state index in [9.17, 15) is 15.3 Å². The number of fused-ring (bicyclic) bond motifs is 1. The van der Waals surface area contributed by atoms with Gasteiger partial charge in [-0.15, -0.1) is 0 Å². The first-order valence-corrected chi connectivity index (χ1v) is 11.5. The minimum absolute atomic E-state index is 0.194. The maximum absolute atomic E-state index is 10.5.